The number of nitrogens with zero attached hydrogens (tertiary/aromatic N) is 1. The molecule has 0 aliphatic rings. The molecule has 0 atom stereocenters. The van der Waals surface area contributed by atoms with E-state index in [0.717, 1.165) is 11.1 Å². The van der Waals surface area contributed by atoms with Crippen LogP contribution in [-0.2, 0) is 16.6 Å². The minimum atomic E-state index is -3.48. The van der Waals surface area contributed by atoms with Crippen LogP contribution in [0.2, 0.25) is 0 Å². The molecule has 3 rings (SSSR count). The quantitative estimate of drug-likeness (QED) is 0.496. The summed E-state index contributed by atoms with van der Waals surface area (Å²) >= 11 is 0. The molecule has 3 aromatic rings. The summed E-state index contributed by atoms with van der Waals surface area (Å²) in [5.41, 5.74) is 2.77. The summed E-state index contributed by atoms with van der Waals surface area (Å²) in [5.74, 6) is -0.0837. The predicted molar refractivity (Wildman–Crippen MR) is 123 cm³/mol. The van der Waals surface area contributed by atoms with Gasteiger partial charge in [-0.1, -0.05) is 24.3 Å². The summed E-state index contributed by atoms with van der Waals surface area (Å²) in [7, 11) is -3.48. The van der Waals surface area contributed by atoms with Crippen LogP contribution < -0.4 is 14.4 Å². The lowest BCUT2D eigenvalue weighted by Crippen LogP contribution is -2.29. The molecule has 0 bridgehead atoms. The molecule has 0 saturated carbocycles. The van der Waals surface area contributed by atoms with Crippen LogP contribution in [0.3, 0.4) is 0 Å². The lowest BCUT2D eigenvalue weighted by atomic mass is 10.1. The molecular formula is C24H25FN2O4S. The van der Waals surface area contributed by atoms with Gasteiger partial charge in [-0.25, -0.2) is 12.8 Å². The molecular weight excluding hydrogens is 431 g/mol. The van der Waals surface area contributed by atoms with Crippen molar-refractivity contribution in [1.82, 2.24) is 5.32 Å². The van der Waals surface area contributed by atoms with Gasteiger partial charge in [0.05, 0.1) is 25.0 Å². The number of amides is 1. The molecule has 0 fully saturated rings. The van der Waals surface area contributed by atoms with Crippen molar-refractivity contribution >= 4 is 21.6 Å². The average molecular weight is 457 g/mol. The number of nitrogens with one attached hydrogen (secondary N) is 1. The van der Waals surface area contributed by atoms with Gasteiger partial charge in [0.15, 0.2) is 0 Å². The number of rotatable bonds is 9. The van der Waals surface area contributed by atoms with Crippen molar-refractivity contribution in [2.75, 3.05) is 23.7 Å². The van der Waals surface area contributed by atoms with E-state index in [1.54, 1.807) is 30.3 Å². The van der Waals surface area contributed by atoms with E-state index < -0.39 is 10.0 Å². The molecule has 1 amide bonds. The van der Waals surface area contributed by atoms with Gasteiger partial charge in [-0.2, -0.15) is 0 Å². The zero-order chi connectivity index (χ0) is 23.1. The highest BCUT2D eigenvalue weighted by Crippen LogP contribution is 2.22. The highest BCUT2D eigenvalue weighted by atomic mass is 32.2. The molecule has 0 aliphatic carbocycles. The Bertz CT molecular complexity index is 1160. The lowest BCUT2D eigenvalue weighted by molar-refractivity contribution is 0.0947. The standard InChI is InChI=1S/C24H25FN2O4S/c1-18-4-3-5-22(16-18)27(32(2,29)30)17-19-6-8-20(9-7-19)24(28)26-14-15-31-23-12-10-21(25)11-13-23/h3-13,16H,14-15,17H2,1-2H3,(H,26,28). The Balaban J connectivity index is 1.57. The fraction of sp³-hybridized carbons (Fsp3) is 0.208. The number of hydrogen-bond acceptors (Lipinski definition) is 4. The molecule has 1 N–H and O–H groups in total. The number of sulfonamides is 1. The Kier molecular flexibility index (Phi) is 7.48. The monoisotopic (exact) mass is 456 g/mol. The SMILES string of the molecule is Cc1cccc(N(Cc2ccc(C(=O)NCCOc3ccc(F)cc3)cc2)S(C)(=O)=O)c1. The molecule has 0 radical (unpaired) electrons. The second-order valence-corrected chi connectivity index (χ2v) is 9.27. The second-order valence-electron chi connectivity index (χ2n) is 7.36. The van der Waals surface area contributed by atoms with Crippen LogP contribution in [0.15, 0.2) is 72.8 Å². The molecule has 0 unspecified atom stereocenters. The molecule has 8 heteroatoms. The van der Waals surface area contributed by atoms with Gasteiger partial charge >= 0.3 is 0 Å². The number of anilines is 1. The number of carbonyl (C=O) groups excluding carboxylic acids is 1. The molecule has 0 saturated heterocycles. The fourth-order valence-electron chi connectivity index (χ4n) is 3.08. The maximum absolute atomic E-state index is 12.9. The minimum Gasteiger partial charge on any atom is -0.492 e. The van der Waals surface area contributed by atoms with E-state index in [0.29, 0.717) is 17.0 Å². The van der Waals surface area contributed by atoms with Gasteiger partial charge in [-0.15, -0.1) is 0 Å². The minimum absolute atomic E-state index is 0.162. The first-order valence-corrected chi connectivity index (χ1v) is 11.9. The van der Waals surface area contributed by atoms with Gasteiger partial charge in [-0.3, -0.25) is 9.10 Å². The molecule has 3 aromatic carbocycles. The van der Waals surface area contributed by atoms with Crippen molar-refractivity contribution < 1.29 is 22.3 Å². The Morgan fingerprint density at radius 1 is 1.03 bits per heavy atom. The maximum Gasteiger partial charge on any atom is 0.251 e. The Morgan fingerprint density at radius 2 is 1.72 bits per heavy atom. The van der Waals surface area contributed by atoms with E-state index in [1.807, 2.05) is 25.1 Å². The summed E-state index contributed by atoms with van der Waals surface area (Å²) in [6, 6.07) is 19.7. The molecule has 168 valence electrons. The van der Waals surface area contributed by atoms with E-state index in [1.165, 1.54) is 34.8 Å². The van der Waals surface area contributed by atoms with Gasteiger partial charge in [0.1, 0.15) is 18.2 Å². The van der Waals surface area contributed by atoms with E-state index in [2.05, 4.69) is 5.32 Å². The first-order valence-electron chi connectivity index (χ1n) is 10.0. The zero-order valence-corrected chi connectivity index (χ0v) is 18.7. The number of ether oxygens (including phenoxy) is 1. The smallest absolute Gasteiger partial charge is 0.251 e. The van der Waals surface area contributed by atoms with Crippen molar-refractivity contribution in [2.24, 2.45) is 0 Å². The topological polar surface area (TPSA) is 75.7 Å². The highest BCUT2D eigenvalue weighted by Gasteiger charge is 2.18. The van der Waals surface area contributed by atoms with Crippen molar-refractivity contribution in [1.29, 1.82) is 0 Å². The number of carbonyl (C=O) groups is 1. The number of halogens is 1. The van der Waals surface area contributed by atoms with E-state index >= 15 is 0 Å². The fourth-order valence-corrected chi connectivity index (χ4v) is 3.96. The average Bonchev–Trinajstić information content (AvgIpc) is 2.76. The van der Waals surface area contributed by atoms with Gasteiger partial charge in [0.2, 0.25) is 10.0 Å². The normalized spacial score (nSPS) is 11.1. The van der Waals surface area contributed by atoms with E-state index in [4.69, 9.17) is 4.74 Å². The van der Waals surface area contributed by atoms with Crippen LogP contribution in [-0.4, -0.2) is 33.7 Å². The van der Waals surface area contributed by atoms with Crippen molar-refractivity contribution in [3.8, 4) is 5.75 Å². The van der Waals surface area contributed by atoms with Crippen LogP contribution in [0.25, 0.3) is 0 Å². The van der Waals surface area contributed by atoms with Gasteiger partial charge in [0, 0.05) is 5.56 Å². The van der Waals surface area contributed by atoms with Gasteiger partial charge in [-0.05, 0) is 66.6 Å². The molecule has 0 aromatic heterocycles. The van der Waals surface area contributed by atoms with Crippen molar-refractivity contribution in [2.45, 2.75) is 13.5 Å². The maximum atomic E-state index is 12.9. The molecule has 6 nitrogen and oxygen atoms in total. The third kappa shape index (κ3) is 6.55. The number of benzene rings is 3. The van der Waals surface area contributed by atoms with Gasteiger partial charge in [0.25, 0.3) is 5.91 Å². The van der Waals surface area contributed by atoms with Crippen LogP contribution in [0.5, 0.6) is 5.75 Å². The Morgan fingerprint density at radius 3 is 2.34 bits per heavy atom. The van der Waals surface area contributed by atoms with Crippen LogP contribution >= 0.6 is 0 Å². The third-order valence-corrected chi connectivity index (χ3v) is 5.84. The molecule has 0 spiro atoms. The Hall–Kier alpha value is -3.39. The Labute approximate surface area is 187 Å². The first-order chi connectivity index (χ1) is 15.2. The van der Waals surface area contributed by atoms with E-state index in [-0.39, 0.29) is 31.4 Å². The van der Waals surface area contributed by atoms with Crippen molar-refractivity contribution in [3.63, 3.8) is 0 Å². The summed E-state index contributed by atoms with van der Waals surface area (Å²) in [5, 5.41) is 2.75. The first kappa shape index (κ1) is 23.3. The summed E-state index contributed by atoms with van der Waals surface area (Å²) in [6.45, 7) is 2.60. The van der Waals surface area contributed by atoms with E-state index in [9.17, 15) is 17.6 Å². The number of hydrogen-bond donors (Lipinski definition) is 1. The largest absolute Gasteiger partial charge is 0.492 e. The van der Waals surface area contributed by atoms with Crippen LogP contribution in [0.4, 0.5) is 10.1 Å². The molecule has 0 aliphatic heterocycles. The van der Waals surface area contributed by atoms with Crippen molar-refractivity contribution in [3.05, 3.63) is 95.3 Å². The zero-order valence-electron chi connectivity index (χ0n) is 17.9. The summed E-state index contributed by atoms with van der Waals surface area (Å²) in [6.07, 6.45) is 1.17. The lowest BCUT2D eigenvalue weighted by Gasteiger charge is -2.23. The third-order valence-electron chi connectivity index (χ3n) is 4.70. The van der Waals surface area contributed by atoms with Crippen LogP contribution in [0.1, 0.15) is 21.5 Å². The van der Waals surface area contributed by atoms with Gasteiger partial charge < -0.3 is 10.1 Å². The summed E-state index contributed by atoms with van der Waals surface area (Å²) in [4.78, 5) is 12.3. The molecule has 0 heterocycles. The van der Waals surface area contributed by atoms with Crippen LogP contribution in [0, 0.1) is 12.7 Å². The highest BCUT2D eigenvalue weighted by molar-refractivity contribution is 7.92. The second kappa shape index (κ2) is 10.3. The number of aryl methyl sites for hydroxylation is 1. The summed E-state index contributed by atoms with van der Waals surface area (Å²) < 4.78 is 44.3. The predicted octanol–water partition coefficient (Wildman–Crippen LogP) is 3.91. The molecule has 32 heavy (non-hydrogen) atoms.